The molecule has 0 saturated carbocycles. The lowest BCUT2D eigenvalue weighted by Crippen LogP contribution is -2.19. The van der Waals surface area contributed by atoms with Crippen molar-refractivity contribution in [3.05, 3.63) is 63.6 Å². The minimum absolute atomic E-state index is 0.134. The highest BCUT2D eigenvalue weighted by Crippen LogP contribution is 2.26. The fraction of sp³-hybridized carbons (Fsp3) is 0.0769. The number of hydrogen-bond donors (Lipinski definition) is 1. The number of aromatic amines is 1. The number of halogens is 4. The number of nitrogens with one attached hydrogen (secondary N) is 1. The topological polar surface area (TPSA) is 45.8 Å². The van der Waals surface area contributed by atoms with Crippen LogP contribution < -0.4 is 5.69 Å². The van der Waals surface area contributed by atoms with Crippen LogP contribution in [0.5, 0.6) is 0 Å². The summed E-state index contributed by atoms with van der Waals surface area (Å²) in [4.78, 5) is 16.1. The van der Waals surface area contributed by atoms with E-state index in [0.29, 0.717) is 5.56 Å². The van der Waals surface area contributed by atoms with E-state index in [1.54, 1.807) is 4.98 Å². The Morgan fingerprint density at radius 3 is 2.35 bits per heavy atom. The number of benzene rings is 1. The number of nitrogens with zero attached hydrogens (tertiary/aromatic N) is 1. The molecule has 1 aromatic heterocycles. The molecular weight excluding hydrogens is 276 g/mol. The van der Waals surface area contributed by atoms with Crippen molar-refractivity contribution in [1.29, 1.82) is 0 Å². The second-order valence-corrected chi connectivity index (χ2v) is 3.91. The van der Waals surface area contributed by atoms with E-state index in [9.17, 15) is 22.4 Å². The van der Waals surface area contributed by atoms with Gasteiger partial charge < -0.3 is 4.98 Å². The molecule has 20 heavy (non-hydrogen) atoms. The van der Waals surface area contributed by atoms with Crippen molar-refractivity contribution in [1.82, 2.24) is 9.97 Å². The maximum absolute atomic E-state index is 12.7. The number of alkyl halides is 3. The molecule has 0 aliphatic heterocycles. The Bertz CT molecular complexity index is 687. The molecule has 0 aliphatic rings. The zero-order valence-electron chi connectivity index (χ0n) is 9.91. The largest absolute Gasteiger partial charge is 0.431 e. The lowest BCUT2D eigenvalue weighted by atomic mass is 10.2. The summed E-state index contributed by atoms with van der Waals surface area (Å²) in [7, 11) is 0. The summed E-state index contributed by atoms with van der Waals surface area (Å²) in [5.74, 6) is -0.421. The lowest BCUT2D eigenvalue weighted by molar-refractivity contribution is -0.141. The summed E-state index contributed by atoms with van der Waals surface area (Å²) in [6.45, 7) is 0. The second-order valence-electron chi connectivity index (χ2n) is 3.91. The molecule has 1 aromatic carbocycles. The van der Waals surface area contributed by atoms with Gasteiger partial charge in [0, 0.05) is 0 Å². The first-order valence-corrected chi connectivity index (χ1v) is 5.47. The van der Waals surface area contributed by atoms with E-state index in [0.717, 1.165) is 6.07 Å². The van der Waals surface area contributed by atoms with Crippen LogP contribution in [0.25, 0.3) is 12.2 Å². The normalized spacial score (nSPS) is 12.0. The molecule has 1 heterocycles. The van der Waals surface area contributed by atoms with Gasteiger partial charge in [-0.25, -0.2) is 9.18 Å². The van der Waals surface area contributed by atoms with Gasteiger partial charge in [0.1, 0.15) is 11.5 Å². The SMILES string of the molecule is O=c1nc(/C=C/c2ccc(F)cc2)cc(C(F)(F)F)[nH]1. The average molecular weight is 284 g/mol. The highest BCUT2D eigenvalue weighted by atomic mass is 19.4. The van der Waals surface area contributed by atoms with Crippen molar-refractivity contribution in [2.75, 3.05) is 0 Å². The first-order chi connectivity index (χ1) is 9.34. The van der Waals surface area contributed by atoms with Gasteiger partial charge in [-0.05, 0) is 29.8 Å². The Morgan fingerprint density at radius 1 is 1.10 bits per heavy atom. The smallest absolute Gasteiger partial charge is 0.302 e. The Kier molecular flexibility index (Phi) is 3.69. The lowest BCUT2D eigenvalue weighted by Gasteiger charge is -2.05. The van der Waals surface area contributed by atoms with Gasteiger partial charge >= 0.3 is 11.9 Å². The van der Waals surface area contributed by atoms with Crippen molar-refractivity contribution < 1.29 is 17.6 Å². The predicted molar refractivity (Wildman–Crippen MR) is 65.2 cm³/mol. The minimum atomic E-state index is -4.65. The molecule has 0 amide bonds. The maximum atomic E-state index is 12.7. The van der Waals surface area contributed by atoms with Gasteiger partial charge in [0.05, 0.1) is 5.69 Å². The summed E-state index contributed by atoms with van der Waals surface area (Å²) in [6, 6.07) is 6.05. The van der Waals surface area contributed by atoms with E-state index in [-0.39, 0.29) is 5.69 Å². The van der Waals surface area contributed by atoms with E-state index in [2.05, 4.69) is 4.98 Å². The van der Waals surface area contributed by atoms with Gasteiger partial charge in [-0.3, -0.25) is 0 Å². The number of hydrogen-bond acceptors (Lipinski definition) is 2. The molecule has 0 unspecified atom stereocenters. The quantitative estimate of drug-likeness (QED) is 0.861. The maximum Gasteiger partial charge on any atom is 0.431 e. The van der Waals surface area contributed by atoms with Crippen LogP contribution in [0.1, 0.15) is 17.0 Å². The van der Waals surface area contributed by atoms with Crippen LogP contribution in [0.15, 0.2) is 35.1 Å². The average Bonchev–Trinajstić information content (AvgIpc) is 2.36. The highest BCUT2D eigenvalue weighted by molar-refractivity contribution is 5.67. The summed E-state index contributed by atoms with van der Waals surface area (Å²) in [5, 5.41) is 0. The van der Waals surface area contributed by atoms with Gasteiger partial charge in [0.25, 0.3) is 0 Å². The third-order valence-corrected chi connectivity index (χ3v) is 2.39. The molecule has 3 nitrogen and oxygen atoms in total. The van der Waals surface area contributed by atoms with E-state index in [1.807, 2.05) is 0 Å². The molecule has 1 N–H and O–H groups in total. The minimum Gasteiger partial charge on any atom is -0.302 e. The fourth-order valence-corrected chi connectivity index (χ4v) is 1.47. The number of rotatable bonds is 2. The van der Waals surface area contributed by atoms with Crippen LogP contribution in [0.4, 0.5) is 17.6 Å². The van der Waals surface area contributed by atoms with Crippen molar-refractivity contribution in [2.24, 2.45) is 0 Å². The van der Waals surface area contributed by atoms with Gasteiger partial charge in [0.15, 0.2) is 0 Å². The third kappa shape index (κ3) is 3.53. The van der Waals surface area contributed by atoms with E-state index >= 15 is 0 Å². The second kappa shape index (κ2) is 5.28. The van der Waals surface area contributed by atoms with Crippen molar-refractivity contribution in [2.45, 2.75) is 6.18 Å². The van der Waals surface area contributed by atoms with E-state index < -0.39 is 23.4 Å². The van der Waals surface area contributed by atoms with Gasteiger partial charge in [-0.1, -0.05) is 18.2 Å². The summed E-state index contributed by atoms with van der Waals surface area (Å²) in [6.07, 6.45) is -1.97. The molecule has 7 heteroatoms. The molecule has 0 bridgehead atoms. The van der Waals surface area contributed by atoms with Crippen molar-refractivity contribution in [3.63, 3.8) is 0 Å². The van der Waals surface area contributed by atoms with Crippen molar-refractivity contribution in [3.8, 4) is 0 Å². The molecule has 2 rings (SSSR count). The van der Waals surface area contributed by atoms with Crippen LogP contribution in [0.2, 0.25) is 0 Å². The van der Waals surface area contributed by atoms with Gasteiger partial charge in [-0.15, -0.1) is 0 Å². The highest BCUT2D eigenvalue weighted by Gasteiger charge is 2.32. The number of aromatic nitrogens is 2. The van der Waals surface area contributed by atoms with Crippen LogP contribution in [-0.4, -0.2) is 9.97 Å². The first kappa shape index (κ1) is 14.0. The van der Waals surface area contributed by atoms with Gasteiger partial charge in [0.2, 0.25) is 0 Å². The Balaban J connectivity index is 2.32. The monoisotopic (exact) mass is 284 g/mol. The van der Waals surface area contributed by atoms with Crippen LogP contribution >= 0.6 is 0 Å². The molecule has 0 radical (unpaired) electrons. The van der Waals surface area contributed by atoms with E-state index in [1.165, 1.54) is 36.4 Å². The Morgan fingerprint density at radius 2 is 1.75 bits per heavy atom. The van der Waals surface area contributed by atoms with Crippen LogP contribution in [0, 0.1) is 5.82 Å². The molecule has 104 valence electrons. The van der Waals surface area contributed by atoms with E-state index in [4.69, 9.17) is 0 Å². The molecular formula is C13H8F4N2O. The van der Waals surface area contributed by atoms with Crippen molar-refractivity contribution >= 4 is 12.2 Å². The Labute approximate surface area is 110 Å². The summed E-state index contributed by atoms with van der Waals surface area (Å²) in [5.41, 5.74) is -1.82. The molecule has 0 atom stereocenters. The first-order valence-electron chi connectivity index (χ1n) is 5.47. The molecule has 0 spiro atoms. The van der Waals surface area contributed by atoms with Gasteiger partial charge in [-0.2, -0.15) is 18.2 Å². The number of H-pyrrole nitrogens is 1. The van der Waals surface area contributed by atoms with Crippen LogP contribution in [-0.2, 0) is 6.18 Å². The molecule has 0 aliphatic carbocycles. The summed E-state index contributed by atoms with van der Waals surface area (Å²) < 4.78 is 50.2. The zero-order valence-corrected chi connectivity index (χ0v) is 9.91. The molecule has 2 aromatic rings. The zero-order chi connectivity index (χ0) is 14.8. The summed E-state index contributed by atoms with van der Waals surface area (Å²) >= 11 is 0. The van der Waals surface area contributed by atoms with Crippen LogP contribution in [0.3, 0.4) is 0 Å². The standard InChI is InChI=1S/C13H8F4N2O/c14-9-4-1-8(2-5-9)3-6-10-7-11(13(15,16)17)19-12(20)18-10/h1-7H,(H,18,19,20)/b6-3+. The molecule has 0 saturated heterocycles. The third-order valence-electron chi connectivity index (χ3n) is 2.39. The molecule has 0 fully saturated rings. The Hall–Kier alpha value is -2.44. The predicted octanol–water partition coefficient (Wildman–Crippen LogP) is 3.10. The fourth-order valence-electron chi connectivity index (χ4n) is 1.47.